The number of hydrogen-bond donors (Lipinski definition) is 1. The SMILES string of the molecule is COc1ccc2c(c1)OC(c1cc(C)ccc1F)C[C@H]2N. The van der Waals surface area contributed by atoms with Crippen LogP contribution in [-0.4, -0.2) is 7.11 Å². The van der Waals surface area contributed by atoms with Crippen molar-refractivity contribution in [2.24, 2.45) is 5.73 Å². The Balaban J connectivity index is 1.98. The van der Waals surface area contributed by atoms with E-state index in [2.05, 4.69) is 0 Å². The van der Waals surface area contributed by atoms with Gasteiger partial charge in [-0.15, -0.1) is 0 Å². The van der Waals surface area contributed by atoms with Crippen LogP contribution in [0, 0.1) is 12.7 Å². The molecule has 0 radical (unpaired) electrons. The Kier molecular flexibility index (Phi) is 3.55. The zero-order chi connectivity index (χ0) is 15.0. The molecule has 2 N–H and O–H groups in total. The van der Waals surface area contributed by atoms with Crippen LogP contribution in [-0.2, 0) is 0 Å². The molecule has 0 aromatic heterocycles. The Morgan fingerprint density at radius 1 is 1.19 bits per heavy atom. The van der Waals surface area contributed by atoms with Crippen molar-refractivity contribution >= 4 is 0 Å². The van der Waals surface area contributed by atoms with E-state index in [-0.39, 0.29) is 18.0 Å². The van der Waals surface area contributed by atoms with Crippen molar-refractivity contribution in [1.29, 1.82) is 0 Å². The summed E-state index contributed by atoms with van der Waals surface area (Å²) in [5.74, 6) is 1.11. The van der Waals surface area contributed by atoms with Gasteiger partial charge in [0.15, 0.2) is 0 Å². The molecule has 21 heavy (non-hydrogen) atoms. The molecule has 0 spiro atoms. The van der Waals surface area contributed by atoms with Crippen LogP contribution in [0.15, 0.2) is 36.4 Å². The molecule has 0 aliphatic carbocycles. The lowest BCUT2D eigenvalue weighted by Gasteiger charge is -2.31. The van der Waals surface area contributed by atoms with Crippen LogP contribution in [0.3, 0.4) is 0 Å². The maximum Gasteiger partial charge on any atom is 0.130 e. The van der Waals surface area contributed by atoms with Crippen LogP contribution in [0.4, 0.5) is 4.39 Å². The minimum absolute atomic E-state index is 0.176. The lowest BCUT2D eigenvalue weighted by Crippen LogP contribution is -2.24. The second kappa shape index (κ2) is 5.37. The first kappa shape index (κ1) is 13.9. The van der Waals surface area contributed by atoms with Crippen molar-refractivity contribution in [3.8, 4) is 11.5 Å². The minimum Gasteiger partial charge on any atom is -0.497 e. The predicted molar refractivity (Wildman–Crippen MR) is 79.0 cm³/mol. The first-order valence-electron chi connectivity index (χ1n) is 6.94. The number of methoxy groups -OCH3 is 1. The molecule has 0 bridgehead atoms. The number of ether oxygens (including phenoxy) is 2. The highest BCUT2D eigenvalue weighted by Crippen LogP contribution is 2.41. The van der Waals surface area contributed by atoms with Crippen molar-refractivity contribution in [3.05, 3.63) is 58.9 Å². The fourth-order valence-electron chi connectivity index (χ4n) is 2.71. The van der Waals surface area contributed by atoms with Gasteiger partial charge in [-0.1, -0.05) is 17.7 Å². The average Bonchev–Trinajstić information content (AvgIpc) is 2.49. The van der Waals surface area contributed by atoms with E-state index in [0.29, 0.717) is 23.5 Å². The summed E-state index contributed by atoms with van der Waals surface area (Å²) in [5.41, 5.74) is 8.70. The van der Waals surface area contributed by atoms with E-state index in [1.807, 2.05) is 25.1 Å². The van der Waals surface area contributed by atoms with Crippen molar-refractivity contribution in [2.75, 3.05) is 7.11 Å². The summed E-state index contributed by atoms with van der Waals surface area (Å²) in [4.78, 5) is 0. The van der Waals surface area contributed by atoms with E-state index in [4.69, 9.17) is 15.2 Å². The molecule has 1 aliphatic heterocycles. The summed E-state index contributed by atoms with van der Waals surface area (Å²) in [5, 5.41) is 0. The number of nitrogens with two attached hydrogens (primary N) is 1. The van der Waals surface area contributed by atoms with Crippen LogP contribution in [0.2, 0.25) is 0 Å². The van der Waals surface area contributed by atoms with Gasteiger partial charge in [0, 0.05) is 29.7 Å². The molecule has 0 saturated carbocycles. The second-order valence-corrected chi connectivity index (χ2v) is 5.38. The molecule has 2 aromatic rings. The van der Waals surface area contributed by atoms with Crippen LogP contribution in [0.5, 0.6) is 11.5 Å². The van der Waals surface area contributed by atoms with E-state index in [9.17, 15) is 4.39 Å². The third-order valence-electron chi connectivity index (χ3n) is 3.86. The highest BCUT2D eigenvalue weighted by molar-refractivity contribution is 5.44. The van der Waals surface area contributed by atoms with Crippen LogP contribution in [0.1, 0.15) is 35.3 Å². The first-order valence-corrected chi connectivity index (χ1v) is 6.94. The minimum atomic E-state index is -0.375. The van der Waals surface area contributed by atoms with Gasteiger partial charge in [-0.2, -0.15) is 0 Å². The fraction of sp³-hybridized carbons (Fsp3) is 0.294. The van der Waals surface area contributed by atoms with E-state index in [1.165, 1.54) is 6.07 Å². The van der Waals surface area contributed by atoms with Crippen molar-refractivity contribution in [2.45, 2.75) is 25.5 Å². The van der Waals surface area contributed by atoms with Gasteiger partial charge in [0.1, 0.15) is 23.4 Å². The van der Waals surface area contributed by atoms with Crippen LogP contribution >= 0.6 is 0 Å². The maximum atomic E-state index is 14.1. The zero-order valence-electron chi connectivity index (χ0n) is 12.1. The molecule has 110 valence electrons. The lowest BCUT2D eigenvalue weighted by atomic mass is 9.92. The van der Waals surface area contributed by atoms with E-state index in [1.54, 1.807) is 19.2 Å². The maximum absolute atomic E-state index is 14.1. The smallest absolute Gasteiger partial charge is 0.130 e. The topological polar surface area (TPSA) is 44.5 Å². The molecule has 0 amide bonds. The molecular weight excluding hydrogens is 269 g/mol. The van der Waals surface area contributed by atoms with Gasteiger partial charge in [-0.05, 0) is 25.1 Å². The summed E-state index contributed by atoms with van der Waals surface area (Å²) in [6, 6.07) is 10.4. The van der Waals surface area contributed by atoms with Gasteiger partial charge in [-0.3, -0.25) is 0 Å². The third-order valence-corrected chi connectivity index (χ3v) is 3.86. The molecule has 3 rings (SSSR count). The van der Waals surface area contributed by atoms with E-state index >= 15 is 0 Å². The molecule has 4 heteroatoms. The molecule has 2 atom stereocenters. The Morgan fingerprint density at radius 2 is 2.00 bits per heavy atom. The number of fused-ring (bicyclic) bond motifs is 1. The van der Waals surface area contributed by atoms with Crippen molar-refractivity contribution < 1.29 is 13.9 Å². The highest BCUT2D eigenvalue weighted by atomic mass is 19.1. The Morgan fingerprint density at radius 3 is 2.76 bits per heavy atom. The van der Waals surface area contributed by atoms with Crippen molar-refractivity contribution in [3.63, 3.8) is 0 Å². The van der Waals surface area contributed by atoms with E-state index < -0.39 is 0 Å². The quantitative estimate of drug-likeness (QED) is 0.916. The van der Waals surface area contributed by atoms with Gasteiger partial charge in [0.2, 0.25) is 0 Å². The molecule has 0 fully saturated rings. The Labute approximate surface area is 123 Å². The van der Waals surface area contributed by atoms with Gasteiger partial charge in [0.25, 0.3) is 0 Å². The summed E-state index contributed by atoms with van der Waals surface area (Å²) in [6.07, 6.45) is 0.180. The molecule has 0 saturated heterocycles. The number of aryl methyl sites for hydroxylation is 1. The number of halogens is 1. The molecular formula is C17H18FNO2. The Hall–Kier alpha value is -2.07. The largest absolute Gasteiger partial charge is 0.497 e. The fourth-order valence-corrected chi connectivity index (χ4v) is 2.71. The zero-order valence-corrected chi connectivity index (χ0v) is 12.1. The average molecular weight is 287 g/mol. The predicted octanol–water partition coefficient (Wildman–Crippen LogP) is 3.67. The standard InChI is InChI=1S/C17H18FNO2/c1-10-3-6-14(18)13(7-10)17-9-15(19)12-5-4-11(20-2)8-16(12)21-17/h3-8,15,17H,9,19H2,1-2H3/t15-,17?/m1/s1. The third kappa shape index (κ3) is 2.59. The Bertz CT molecular complexity index is 672. The lowest BCUT2D eigenvalue weighted by molar-refractivity contribution is 0.156. The molecule has 1 aliphatic rings. The van der Waals surface area contributed by atoms with E-state index in [0.717, 1.165) is 11.1 Å². The number of hydrogen-bond acceptors (Lipinski definition) is 3. The van der Waals surface area contributed by atoms with Crippen molar-refractivity contribution in [1.82, 2.24) is 0 Å². The van der Waals surface area contributed by atoms with Gasteiger partial charge < -0.3 is 15.2 Å². The molecule has 2 aromatic carbocycles. The van der Waals surface area contributed by atoms with Gasteiger partial charge in [0.05, 0.1) is 7.11 Å². The molecule has 3 nitrogen and oxygen atoms in total. The van der Waals surface area contributed by atoms with Gasteiger partial charge in [-0.25, -0.2) is 4.39 Å². The normalized spacial score (nSPS) is 20.6. The second-order valence-electron chi connectivity index (χ2n) is 5.38. The van der Waals surface area contributed by atoms with Crippen LogP contribution < -0.4 is 15.2 Å². The number of benzene rings is 2. The van der Waals surface area contributed by atoms with Crippen LogP contribution in [0.25, 0.3) is 0 Å². The summed E-state index contributed by atoms with van der Waals surface area (Å²) in [6.45, 7) is 1.93. The monoisotopic (exact) mass is 287 g/mol. The molecule has 1 heterocycles. The summed E-state index contributed by atoms with van der Waals surface area (Å²) in [7, 11) is 1.60. The molecule has 1 unspecified atom stereocenters. The summed E-state index contributed by atoms with van der Waals surface area (Å²) < 4.78 is 25.2. The highest BCUT2D eigenvalue weighted by Gasteiger charge is 2.29. The van der Waals surface area contributed by atoms with Gasteiger partial charge >= 0.3 is 0 Å². The number of rotatable bonds is 2. The first-order chi connectivity index (χ1) is 10.1. The summed E-state index contributed by atoms with van der Waals surface area (Å²) >= 11 is 0.